The lowest BCUT2D eigenvalue weighted by molar-refractivity contribution is -0.135. The van der Waals surface area contributed by atoms with Crippen LogP contribution in [0.2, 0.25) is 0 Å². The number of ether oxygens (including phenoxy) is 1. The maximum absolute atomic E-state index is 11.1. The zero-order valence-electron chi connectivity index (χ0n) is 7.40. The molecule has 0 radical (unpaired) electrons. The number of hydrogen-bond donors (Lipinski definition) is 0. The van der Waals surface area contributed by atoms with Gasteiger partial charge in [0.2, 0.25) is 5.24 Å². The molecule has 0 aliphatic carbocycles. The van der Waals surface area contributed by atoms with Crippen molar-refractivity contribution in [1.29, 1.82) is 0 Å². The van der Waals surface area contributed by atoms with Gasteiger partial charge in [0, 0.05) is 6.42 Å². The quantitative estimate of drug-likeness (QED) is 0.436. The molecule has 0 aliphatic rings. The molecule has 0 amide bonds. The lowest BCUT2D eigenvalue weighted by Crippen LogP contribution is -2.08. The van der Waals surface area contributed by atoms with Gasteiger partial charge in [0.05, 0.1) is 6.42 Å². The largest absolute Gasteiger partial charge is 0.427 e. The highest BCUT2D eigenvalue weighted by Gasteiger charge is 2.06. The molecule has 0 unspecified atom stereocenters. The van der Waals surface area contributed by atoms with Gasteiger partial charge in [-0.25, -0.2) is 0 Å². The SMILES string of the molecule is O=C(Cl)CCC(=O)Oc1ccccc1. The van der Waals surface area contributed by atoms with Crippen molar-refractivity contribution < 1.29 is 14.3 Å². The molecule has 0 saturated heterocycles. The topological polar surface area (TPSA) is 43.4 Å². The Hall–Kier alpha value is -1.35. The number of hydrogen-bond acceptors (Lipinski definition) is 3. The molecule has 74 valence electrons. The highest BCUT2D eigenvalue weighted by atomic mass is 35.5. The maximum Gasteiger partial charge on any atom is 0.311 e. The molecule has 1 aromatic carbocycles. The minimum absolute atomic E-state index is 0.00717. The summed E-state index contributed by atoms with van der Waals surface area (Å²) in [5.74, 6) is 0.0183. The smallest absolute Gasteiger partial charge is 0.311 e. The fourth-order valence-corrected chi connectivity index (χ4v) is 0.966. The number of benzene rings is 1. The van der Waals surface area contributed by atoms with Crippen molar-refractivity contribution in [3.8, 4) is 5.75 Å². The van der Waals surface area contributed by atoms with E-state index in [-0.39, 0.29) is 12.8 Å². The third kappa shape index (κ3) is 4.05. The molecule has 1 aromatic rings. The zero-order chi connectivity index (χ0) is 10.4. The van der Waals surface area contributed by atoms with Gasteiger partial charge >= 0.3 is 5.97 Å². The average molecular weight is 213 g/mol. The van der Waals surface area contributed by atoms with E-state index in [2.05, 4.69) is 0 Å². The van der Waals surface area contributed by atoms with Crippen LogP contribution in [0.15, 0.2) is 30.3 Å². The third-order valence-corrected chi connectivity index (χ3v) is 1.69. The summed E-state index contributed by atoms with van der Waals surface area (Å²) in [4.78, 5) is 21.4. The zero-order valence-corrected chi connectivity index (χ0v) is 8.16. The van der Waals surface area contributed by atoms with Crippen LogP contribution in [-0.2, 0) is 9.59 Å². The second-order valence-corrected chi connectivity index (χ2v) is 3.06. The molecule has 0 aliphatic heterocycles. The van der Waals surface area contributed by atoms with Crippen molar-refractivity contribution in [1.82, 2.24) is 0 Å². The third-order valence-electron chi connectivity index (χ3n) is 1.50. The number of para-hydroxylation sites is 1. The van der Waals surface area contributed by atoms with Crippen LogP contribution in [-0.4, -0.2) is 11.2 Å². The average Bonchev–Trinajstić information content (AvgIpc) is 2.16. The molecule has 14 heavy (non-hydrogen) atoms. The van der Waals surface area contributed by atoms with Crippen molar-refractivity contribution in [2.45, 2.75) is 12.8 Å². The van der Waals surface area contributed by atoms with Crippen molar-refractivity contribution in [3.05, 3.63) is 30.3 Å². The molecule has 1 rings (SSSR count). The predicted octanol–water partition coefficient (Wildman–Crippen LogP) is 2.14. The summed E-state index contributed by atoms with van der Waals surface area (Å²) in [7, 11) is 0. The monoisotopic (exact) mass is 212 g/mol. The summed E-state index contributed by atoms with van der Waals surface area (Å²) >= 11 is 5.08. The first-order chi connectivity index (χ1) is 6.68. The summed E-state index contributed by atoms with van der Waals surface area (Å²) in [6.45, 7) is 0. The first-order valence-corrected chi connectivity index (χ1v) is 4.50. The van der Waals surface area contributed by atoms with E-state index < -0.39 is 11.2 Å². The van der Waals surface area contributed by atoms with Crippen LogP contribution in [0.3, 0.4) is 0 Å². The van der Waals surface area contributed by atoms with Crippen LogP contribution >= 0.6 is 11.6 Å². The summed E-state index contributed by atoms with van der Waals surface area (Å²) in [6, 6.07) is 8.67. The Labute approximate surface area is 86.6 Å². The Bertz CT molecular complexity index is 321. The molecule has 0 bridgehead atoms. The van der Waals surface area contributed by atoms with E-state index in [4.69, 9.17) is 16.3 Å². The minimum Gasteiger partial charge on any atom is -0.427 e. The van der Waals surface area contributed by atoms with Gasteiger partial charge in [-0.15, -0.1) is 0 Å². The van der Waals surface area contributed by atoms with Gasteiger partial charge in [-0.2, -0.15) is 0 Å². The Morgan fingerprint density at radius 1 is 1.14 bits per heavy atom. The van der Waals surface area contributed by atoms with Crippen molar-refractivity contribution in [2.24, 2.45) is 0 Å². The highest BCUT2D eigenvalue weighted by Crippen LogP contribution is 2.09. The number of carbonyl (C=O) groups excluding carboxylic acids is 2. The van der Waals surface area contributed by atoms with Gasteiger partial charge in [-0.3, -0.25) is 9.59 Å². The van der Waals surface area contributed by atoms with E-state index in [0.717, 1.165) is 0 Å². The Kier molecular flexibility index (Phi) is 4.13. The standard InChI is InChI=1S/C10H9ClO3/c11-9(12)6-7-10(13)14-8-4-2-1-3-5-8/h1-5H,6-7H2. The number of halogens is 1. The van der Waals surface area contributed by atoms with Crippen LogP contribution in [0.1, 0.15) is 12.8 Å². The highest BCUT2D eigenvalue weighted by molar-refractivity contribution is 6.63. The van der Waals surface area contributed by atoms with Gasteiger partial charge in [0.1, 0.15) is 5.75 Å². The van der Waals surface area contributed by atoms with E-state index in [9.17, 15) is 9.59 Å². The first kappa shape index (κ1) is 10.7. The lowest BCUT2D eigenvalue weighted by atomic mass is 10.3. The first-order valence-electron chi connectivity index (χ1n) is 4.12. The summed E-state index contributed by atoms with van der Waals surface area (Å²) < 4.78 is 4.91. The lowest BCUT2D eigenvalue weighted by Gasteiger charge is -2.01. The molecule has 0 fully saturated rings. The van der Waals surface area contributed by atoms with Crippen molar-refractivity contribution >= 4 is 22.8 Å². The number of rotatable bonds is 4. The van der Waals surface area contributed by atoms with Crippen molar-refractivity contribution in [2.75, 3.05) is 0 Å². The Balaban J connectivity index is 2.38. The van der Waals surface area contributed by atoms with Crippen molar-refractivity contribution in [3.63, 3.8) is 0 Å². The Morgan fingerprint density at radius 3 is 2.36 bits per heavy atom. The van der Waals surface area contributed by atoms with E-state index in [0.29, 0.717) is 5.75 Å². The van der Waals surface area contributed by atoms with Crippen LogP contribution in [0.5, 0.6) is 5.75 Å². The molecular formula is C10H9ClO3. The van der Waals surface area contributed by atoms with Crippen LogP contribution < -0.4 is 4.74 Å². The predicted molar refractivity (Wildman–Crippen MR) is 52.2 cm³/mol. The van der Waals surface area contributed by atoms with Gasteiger partial charge < -0.3 is 4.74 Å². The summed E-state index contributed by atoms with van der Waals surface area (Å²) in [5, 5.41) is -0.532. The molecule has 3 nitrogen and oxygen atoms in total. The van der Waals surface area contributed by atoms with E-state index in [1.54, 1.807) is 24.3 Å². The van der Waals surface area contributed by atoms with Gasteiger partial charge in [0.15, 0.2) is 0 Å². The number of carbonyl (C=O) groups is 2. The van der Waals surface area contributed by atoms with Gasteiger partial charge in [0.25, 0.3) is 0 Å². The van der Waals surface area contributed by atoms with Gasteiger partial charge in [-0.05, 0) is 23.7 Å². The molecule has 0 N–H and O–H groups in total. The van der Waals surface area contributed by atoms with E-state index in [1.807, 2.05) is 6.07 Å². The summed E-state index contributed by atoms with van der Waals surface area (Å²) in [5.41, 5.74) is 0. The number of esters is 1. The second kappa shape index (κ2) is 5.40. The molecule has 0 heterocycles. The van der Waals surface area contributed by atoms with E-state index >= 15 is 0 Å². The van der Waals surface area contributed by atoms with Crippen LogP contribution in [0.4, 0.5) is 0 Å². The Morgan fingerprint density at radius 2 is 1.79 bits per heavy atom. The van der Waals surface area contributed by atoms with Crippen LogP contribution in [0.25, 0.3) is 0 Å². The normalized spacial score (nSPS) is 9.50. The molecule has 0 aromatic heterocycles. The maximum atomic E-state index is 11.1. The van der Waals surface area contributed by atoms with Gasteiger partial charge in [-0.1, -0.05) is 18.2 Å². The van der Waals surface area contributed by atoms with E-state index in [1.165, 1.54) is 0 Å². The fraction of sp³-hybridized carbons (Fsp3) is 0.200. The molecule has 0 saturated carbocycles. The molecular weight excluding hydrogens is 204 g/mol. The molecule has 4 heteroatoms. The second-order valence-electron chi connectivity index (χ2n) is 2.64. The summed E-state index contributed by atoms with van der Waals surface area (Å²) in [6.07, 6.45) is 0.0183. The minimum atomic E-state index is -0.532. The molecule has 0 atom stereocenters. The molecule has 0 spiro atoms. The fourth-order valence-electron chi connectivity index (χ4n) is 0.871. The van der Waals surface area contributed by atoms with Crippen LogP contribution in [0, 0.1) is 0 Å².